The summed E-state index contributed by atoms with van der Waals surface area (Å²) in [5, 5.41) is 10.6. The maximum Gasteiger partial charge on any atom is 0.191 e. The van der Waals surface area contributed by atoms with Gasteiger partial charge in [0.2, 0.25) is 0 Å². The molecule has 7 heteroatoms. The van der Waals surface area contributed by atoms with Crippen molar-refractivity contribution in [3.63, 3.8) is 0 Å². The number of halogens is 1. The molecule has 0 spiro atoms. The molecule has 1 aromatic rings. The Kier molecular flexibility index (Phi) is 8.70. The molecule has 0 radical (unpaired) electrons. The maximum atomic E-state index is 4.51. The van der Waals surface area contributed by atoms with Crippen LogP contribution in [0.1, 0.15) is 33.5 Å². The predicted octanol–water partition coefficient (Wildman–Crippen LogP) is 1.53. The van der Waals surface area contributed by atoms with E-state index in [-0.39, 0.29) is 24.0 Å². The van der Waals surface area contributed by atoms with Crippen molar-refractivity contribution in [1.82, 2.24) is 25.4 Å². The van der Waals surface area contributed by atoms with E-state index < -0.39 is 0 Å². The van der Waals surface area contributed by atoms with Crippen LogP contribution in [0.3, 0.4) is 0 Å². The lowest BCUT2D eigenvalue weighted by Gasteiger charge is -2.20. The molecule has 1 heterocycles. The SMILES string of the molecule is CCNC(=NCc1ncnn1C)NC(C)C(C)C.I. The van der Waals surface area contributed by atoms with Crippen LogP contribution in [-0.2, 0) is 13.6 Å². The van der Waals surface area contributed by atoms with Gasteiger partial charge in [-0.15, -0.1) is 24.0 Å². The zero-order chi connectivity index (χ0) is 13.5. The first kappa shape index (κ1) is 18.1. The summed E-state index contributed by atoms with van der Waals surface area (Å²) in [5.74, 6) is 2.23. The third-order valence-corrected chi connectivity index (χ3v) is 2.89. The largest absolute Gasteiger partial charge is 0.357 e. The number of rotatable bonds is 5. The Morgan fingerprint density at radius 1 is 1.42 bits per heavy atom. The normalized spacial score (nSPS) is 13.1. The van der Waals surface area contributed by atoms with Gasteiger partial charge in [0.25, 0.3) is 0 Å². The molecule has 0 aliphatic rings. The van der Waals surface area contributed by atoms with Crippen LogP contribution in [0.15, 0.2) is 11.3 Å². The molecule has 1 atom stereocenters. The first-order valence-corrected chi connectivity index (χ1v) is 6.42. The predicted molar refractivity (Wildman–Crippen MR) is 88.7 cm³/mol. The number of hydrogen-bond acceptors (Lipinski definition) is 3. The van der Waals surface area contributed by atoms with Crippen molar-refractivity contribution >= 4 is 29.9 Å². The standard InChI is InChI=1S/C12H24N6.HI/c1-6-13-12(17-10(4)9(2)3)14-7-11-15-8-16-18(11)5;/h8-10H,6-7H2,1-5H3,(H2,13,14,17);1H. The van der Waals surface area contributed by atoms with Gasteiger partial charge in [0.05, 0.1) is 0 Å². The van der Waals surface area contributed by atoms with Crippen LogP contribution in [0.25, 0.3) is 0 Å². The third kappa shape index (κ3) is 6.22. The van der Waals surface area contributed by atoms with E-state index in [1.807, 2.05) is 7.05 Å². The minimum Gasteiger partial charge on any atom is -0.357 e. The zero-order valence-corrected chi connectivity index (χ0v) is 14.7. The van der Waals surface area contributed by atoms with Crippen LogP contribution in [-0.4, -0.2) is 33.3 Å². The fourth-order valence-electron chi connectivity index (χ4n) is 1.32. The molecule has 1 unspecified atom stereocenters. The van der Waals surface area contributed by atoms with Gasteiger partial charge in [-0.2, -0.15) is 5.10 Å². The fourth-order valence-corrected chi connectivity index (χ4v) is 1.32. The summed E-state index contributed by atoms with van der Waals surface area (Å²) < 4.78 is 1.74. The molecule has 0 saturated carbocycles. The van der Waals surface area contributed by atoms with E-state index in [1.54, 1.807) is 11.0 Å². The van der Waals surface area contributed by atoms with Gasteiger partial charge in [0.15, 0.2) is 5.96 Å². The van der Waals surface area contributed by atoms with E-state index in [9.17, 15) is 0 Å². The Balaban J connectivity index is 0.00000324. The van der Waals surface area contributed by atoms with E-state index in [4.69, 9.17) is 0 Å². The summed E-state index contributed by atoms with van der Waals surface area (Å²) in [7, 11) is 1.87. The van der Waals surface area contributed by atoms with Gasteiger partial charge in [-0.1, -0.05) is 13.8 Å². The Morgan fingerprint density at radius 2 is 2.11 bits per heavy atom. The zero-order valence-electron chi connectivity index (χ0n) is 12.3. The molecule has 0 saturated heterocycles. The highest BCUT2D eigenvalue weighted by Crippen LogP contribution is 2.00. The first-order chi connectivity index (χ1) is 8.54. The summed E-state index contributed by atoms with van der Waals surface area (Å²) >= 11 is 0. The van der Waals surface area contributed by atoms with E-state index in [1.165, 1.54) is 0 Å². The highest BCUT2D eigenvalue weighted by atomic mass is 127. The molecule has 0 aliphatic carbocycles. The van der Waals surface area contributed by atoms with Gasteiger partial charge in [-0.3, -0.25) is 4.68 Å². The lowest BCUT2D eigenvalue weighted by molar-refractivity contribution is 0.480. The van der Waals surface area contributed by atoms with E-state index in [0.29, 0.717) is 18.5 Å². The lowest BCUT2D eigenvalue weighted by atomic mass is 10.1. The first-order valence-electron chi connectivity index (χ1n) is 6.42. The Labute approximate surface area is 132 Å². The Hall–Kier alpha value is -0.860. The molecule has 1 rings (SSSR count). The van der Waals surface area contributed by atoms with Gasteiger partial charge in [0, 0.05) is 19.6 Å². The summed E-state index contributed by atoms with van der Waals surface area (Å²) in [5.41, 5.74) is 0. The van der Waals surface area contributed by atoms with Crippen molar-refractivity contribution in [3.05, 3.63) is 12.2 Å². The summed E-state index contributed by atoms with van der Waals surface area (Å²) in [6, 6.07) is 0.377. The number of aromatic nitrogens is 3. The van der Waals surface area contributed by atoms with Crippen molar-refractivity contribution in [1.29, 1.82) is 0 Å². The van der Waals surface area contributed by atoms with Gasteiger partial charge in [-0.25, -0.2) is 9.98 Å². The van der Waals surface area contributed by atoms with E-state index in [2.05, 4.69) is 53.4 Å². The lowest BCUT2D eigenvalue weighted by Crippen LogP contribution is -2.44. The molecule has 6 nitrogen and oxygen atoms in total. The molecule has 0 fully saturated rings. The van der Waals surface area contributed by atoms with Gasteiger partial charge >= 0.3 is 0 Å². The second-order valence-electron chi connectivity index (χ2n) is 4.67. The average Bonchev–Trinajstić information content (AvgIpc) is 2.72. The molecule has 110 valence electrons. The Morgan fingerprint density at radius 3 is 2.58 bits per heavy atom. The highest BCUT2D eigenvalue weighted by molar-refractivity contribution is 14.0. The van der Waals surface area contributed by atoms with Crippen molar-refractivity contribution in [2.75, 3.05) is 6.54 Å². The topological polar surface area (TPSA) is 67.1 Å². The monoisotopic (exact) mass is 380 g/mol. The summed E-state index contributed by atoms with van der Waals surface area (Å²) in [6.45, 7) is 9.94. The molecule has 1 aromatic heterocycles. The van der Waals surface area contributed by atoms with E-state index in [0.717, 1.165) is 18.3 Å². The number of nitrogens with zero attached hydrogens (tertiary/aromatic N) is 4. The molecule has 0 amide bonds. The molecule has 0 bridgehead atoms. The van der Waals surface area contributed by atoms with Crippen LogP contribution in [0.4, 0.5) is 0 Å². The average molecular weight is 380 g/mol. The minimum atomic E-state index is 0. The smallest absolute Gasteiger partial charge is 0.191 e. The highest BCUT2D eigenvalue weighted by Gasteiger charge is 2.09. The third-order valence-electron chi connectivity index (χ3n) is 2.89. The van der Waals surface area contributed by atoms with Crippen LogP contribution >= 0.6 is 24.0 Å². The second-order valence-corrected chi connectivity index (χ2v) is 4.67. The molecule has 0 aliphatic heterocycles. The quantitative estimate of drug-likeness (QED) is 0.462. The van der Waals surface area contributed by atoms with Gasteiger partial charge in [0.1, 0.15) is 18.7 Å². The van der Waals surface area contributed by atoms with Gasteiger partial charge in [-0.05, 0) is 19.8 Å². The summed E-state index contributed by atoms with van der Waals surface area (Å²) in [4.78, 5) is 8.66. The van der Waals surface area contributed by atoms with Crippen molar-refractivity contribution in [2.45, 2.75) is 40.3 Å². The van der Waals surface area contributed by atoms with Crippen LogP contribution in [0.2, 0.25) is 0 Å². The number of aryl methyl sites for hydroxylation is 1. The molecular weight excluding hydrogens is 355 g/mol. The number of hydrogen-bond donors (Lipinski definition) is 2. The second kappa shape index (κ2) is 9.11. The van der Waals surface area contributed by atoms with Crippen molar-refractivity contribution < 1.29 is 0 Å². The molecule has 2 N–H and O–H groups in total. The maximum absolute atomic E-state index is 4.51. The van der Waals surface area contributed by atoms with Crippen LogP contribution < -0.4 is 10.6 Å². The van der Waals surface area contributed by atoms with Gasteiger partial charge < -0.3 is 10.6 Å². The fraction of sp³-hybridized carbons (Fsp3) is 0.750. The number of aliphatic imine (C=N–C) groups is 1. The van der Waals surface area contributed by atoms with E-state index >= 15 is 0 Å². The molecule has 0 aromatic carbocycles. The molecular formula is C12H25IN6. The van der Waals surface area contributed by atoms with Crippen LogP contribution in [0.5, 0.6) is 0 Å². The number of guanidine groups is 1. The van der Waals surface area contributed by atoms with Crippen molar-refractivity contribution in [2.24, 2.45) is 18.0 Å². The number of nitrogens with one attached hydrogen (secondary N) is 2. The summed E-state index contributed by atoms with van der Waals surface area (Å²) in [6.07, 6.45) is 1.54. The minimum absolute atomic E-state index is 0. The van der Waals surface area contributed by atoms with Crippen molar-refractivity contribution in [3.8, 4) is 0 Å². The molecule has 19 heavy (non-hydrogen) atoms. The van der Waals surface area contributed by atoms with Crippen LogP contribution in [0, 0.1) is 5.92 Å². The Bertz CT molecular complexity index is 387.